The summed E-state index contributed by atoms with van der Waals surface area (Å²) in [4.78, 5) is 55.5. The van der Waals surface area contributed by atoms with Crippen LogP contribution in [0.25, 0.3) is 33.8 Å². The number of carbonyl (C=O) groups excluding carboxylic acids is 3. The summed E-state index contributed by atoms with van der Waals surface area (Å²) in [6, 6.07) is 30.6. The summed E-state index contributed by atoms with van der Waals surface area (Å²) in [5.74, 6) is -1.78. The van der Waals surface area contributed by atoms with Crippen LogP contribution >= 0.6 is 47.8 Å². The largest absolute Gasteiger partial charge is 3.00 e. The predicted octanol–water partition coefficient (Wildman–Crippen LogP) is 10.5. The molecule has 300 valence electrons. The summed E-state index contributed by atoms with van der Waals surface area (Å²) >= 11 is 10.9. The molecular weight excluding hydrogens is 1150 g/mol. The third-order valence-electron chi connectivity index (χ3n) is 10.9. The fourth-order valence-corrected chi connectivity index (χ4v) is 9.61. The van der Waals surface area contributed by atoms with Gasteiger partial charge in [-0.15, -0.1) is 88.0 Å². The number of carbonyl (C=O) groups is 3. The van der Waals surface area contributed by atoms with Gasteiger partial charge in [-0.2, -0.15) is 0 Å². The van der Waals surface area contributed by atoms with E-state index in [2.05, 4.69) is 80.9 Å². The Hall–Kier alpha value is -5.17. The van der Waals surface area contributed by atoms with E-state index in [0.717, 1.165) is 99.8 Å². The number of pyridine rings is 3. The van der Waals surface area contributed by atoms with Crippen molar-refractivity contribution in [3.8, 4) is 51.0 Å². The fourth-order valence-electron chi connectivity index (χ4n) is 8.02. The molecule has 0 atom stereocenters. The van der Waals surface area contributed by atoms with Crippen LogP contribution in [-0.2, 0) is 58.6 Å². The van der Waals surface area contributed by atoms with Crippen LogP contribution in [0.15, 0.2) is 105 Å². The quantitative estimate of drug-likeness (QED) is 0.118. The first-order chi connectivity index (χ1) is 29.2. The van der Waals surface area contributed by atoms with E-state index in [4.69, 9.17) is 14.2 Å². The van der Waals surface area contributed by atoms with E-state index in [1.807, 2.05) is 36.4 Å². The number of fused-ring (bicyclic) bond motifs is 9. The van der Waals surface area contributed by atoms with Gasteiger partial charge in [0.05, 0.1) is 35.3 Å². The monoisotopic (exact) mass is 1170 g/mol. The number of halogens is 3. The van der Waals surface area contributed by atoms with Gasteiger partial charge in [0.15, 0.2) is 0 Å². The van der Waals surface area contributed by atoms with E-state index in [-0.39, 0.29) is 54.0 Å². The SMILES string of the molecule is O=C(Oc1cnc2c(c1)CCc1c-2[c-]ccc1Br)c1cc(C(=O)Oc2cnc3c(c2)CCc2c-3[c-]ccc2Br)cc(C(=O)Oc2cnc3c(c2)CCc2c-3[c-]ccc2Br)c1.[Ir+3]. The molecule has 0 saturated carbocycles. The van der Waals surface area contributed by atoms with Crippen molar-refractivity contribution in [1.82, 2.24) is 15.0 Å². The Kier molecular flexibility index (Phi) is 11.4. The van der Waals surface area contributed by atoms with Gasteiger partial charge in [0.1, 0.15) is 17.2 Å². The molecule has 0 bridgehead atoms. The molecule has 0 N–H and O–H groups in total. The van der Waals surface area contributed by atoms with Crippen molar-refractivity contribution in [1.29, 1.82) is 0 Å². The molecule has 7 aromatic rings. The third kappa shape index (κ3) is 7.94. The topological polar surface area (TPSA) is 118 Å². The van der Waals surface area contributed by atoms with E-state index in [0.29, 0.717) is 19.3 Å². The van der Waals surface area contributed by atoms with Gasteiger partial charge in [-0.25, -0.2) is 14.4 Å². The first-order valence-corrected chi connectivity index (χ1v) is 21.4. The number of aryl methyl sites for hydroxylation is 3. The van der Waals surface area contributed by atoms with Gasteiger partial charge in [-0.05, 0) is 72.7 Å². The Labute approximate surface area is 389 Å². The number of esters is 3. The Morgan fingerprint density at radius 3 is 1.05 bits per heavy atom. The molecule has 0 saturated heterocycles. The number of aromatic nitrogens is 3. The van der Waals surface area contributed by atoms with Gasteiger partial charge in [-0.1, -0.05) is 97.2 Å². The zero-order chi connectivity index (χ0) is 41.1. The second-order valence-electron chi connectivity index (χ2n) is 14.5. The summed E-state index contributed by atoms with van der Waals surface area (Å²) in [6.45, 7) is 0. The van der Waals surface area contributed by atoms with Crippen LogP contribution in [0.2, 0.25) is 0 Å². The molecule has 10 rings (SSSR count). The average molecular weight is 1170 g/mol. The molecule has 0 spiro atoms. The van der Waals surface area contributed by atoms with Crippen LogP contribution in [-0.4, -0.2) is 32.9 Å². The second kappa shape index (κ2) is 16.9. The zero-order valence-corrected chi connectivity index (χ0v) is 38.8. The van der Waals surface area contributed by atoms with Crippen LogP contribution in [0.4, 0.5) is 0 Å². The summed E-state index contributed by atoms with van der Waals surface area (Å²) in [7, 11) is 0. The second-order valence-corrected chi connectivity index (χ2v) is 17.1. The van der Waals surface area contributed by atoms with Crippen molar-refractivity contribution in [3.63, 3.8) is 0 Å². The molecule has 0 unspecified atom stereocenters. The minimum absolute atomic E-state index is 0. The van der Waals surface area contributed by atoms with E-state index >= 15 is 0 Å². The molecule has 3 aromatic heterocycles. The van der Waals surface area contributed by atoms with Gasteiger partial charge < -0.3 is 29.2 Å². The number of nitrogens with zero attached hydrogens (tertiary/aromatic N) is 3. The Morgan fingerprint density at radius 2 is 0.754 bits per heavy atom. The van der Waals surface area contributed by atoms with Crippen molar-refractivity contribution in [2.45, 2.75) is 38.5 Å². The van der Waals surface area contributed by atoms with E-state index in [1.165, 1.54) is 36.8 Å². The standard InChI is InChI=1S/C48H27Br3N3O6.Ir/c49-40-7-1-4-37-34(40)13-10-25-19-31(22-52-43(25)37)58-46(55)28-16-29(47(56)59-32-20-26-11-14-35-38(44(26)53-23-32)5-2-8-41(35)50)18-30(17-28)48(57)60-33-21-27-12-15-36-39(45(27)54-24-33)6-3-9-42(36)51;/h1-3,7-9,16-24H,10-15H2;/q-3;+3. The van der Waals surface area contributed by atoms with Crippen LogP contribution in [0, 0.1) is 18.2 Å². The number of hydrogen-bond acceptors (Lipinski definition) is 9. The van der Waals surface area contributed by atoms with Crippen LogP contribution in [0.1, 0.15) is 64.5 Å². The molecule has 3 aliphatic rings. The Bertz CT molecular complexity index is 2670. The van der Waals surface area contributed by atoms with E-state index in [1.54, 1.807) is 18.2 Å². The summed E-state index contributed by atoms with van der Waals surface area (Å²) in [5.41, 5.74) is 10.9. The van der Waals surface area contributed by atoms with E-state index in [9.17, 15) is 14.4 Å². The molecule has 0 aliphatic heterocycles. The molecule has 3 heterocycles. The van der Waals surface area contributed by atoms with Crippen molar-refractivity contribution >= 4 is 65.7 Å². The van der Waals surface area contributed by atoms with Crippen molar-refractivity contribution in [2.75, 3.05) is 0 Å². The molecule has 0 amide bonds. The fraction of sp³-hybridized carbons (Fsp3) is 0.125. The first-order valence-electron chi connectivity index (χ1n) is 19.0. The van der Waals surface area contributed by atoms with Crippen molar-refractivity contribution in [2.24, 2.45) is 0 Å². The van der Waals surface area contributed by atoms with Gasteiger partial charge in [0.25, 0.3) is 0 Å². The summed E-state index contributed by atoms with van der Waals surface area (Å²) in [5, 5.41) is 0. The maximum Gasteiger partial charge on any atom is 3.00 e. The Morgan fingerprint density at radius 1 is 0.459 bits per heavy atom. The maximum absolute atomic E-state index is 13.9. The van der Waals surface area contributed by atoms with Crippen molar-refractivity contribution in [3.05, 3.63) is 173 Å². The maximum atomic E-state index is 13.9. The van der Waals surface area contributed by atoms with Gasteiger partial charge in [-0.3, -0.25) is 0 Å². The average Bonchev–Trinajstić information content (AvgIpc) is 3.26. The number of benzene rings is 4. The van der Waals surface area contributed by atoms with Crippen LogP contribution < -0.4 is 14.2 Å². The van der Waals surface area contributed by atoms with Gasteiger partial charge >= 0.3 is 38.0 Å². The Balaban J connectivity index is 0.00000476. The zero-order valence-electron chi connectivity index (χ0n) is 31.7. The van der Waals surface area contributed by atoms with Crippen LogP contribution in [0.5, 0.6) is 17.2 Å². The molecule has 13 heteroatoms. The predicted molar refractivity (Wildman–Crippen MR) is 232 cm³/mol. The molecular formula is C48H27Br3IrN3O6. The smallest absolute Gasteiger partial charge is 0.421 e. The molecule has 0 fully saturated rings. The molecule has 9 nitrogen and oxygen atoms in total. The number of hydrogen-bond donors (Lipinski definition) is 0. The minimum Gasteiger partial charge on any atom is -0.421 e. The number of ether oxygens (including phenoxy) is 3. The molecule has 3 aliphatic carbocycles. The van der Waals surface area contributed by atoms with Gasteiger partial charge in [0.2, 0.25) is 0 Å². The number of rotatable bonds is 6. The third-order valence-corrected chi connectivity index (χ3v) is 13.1. The van der Waals surface area contributed by atoms with E-state index < -0.39 is 17.9 Å². The summed E-state index contributed by atoms with van der Waals surface area (Å²) < 4.78 is 20.5. The molecule has 61 heavy (non-hydrogen) atoms. The summed E-state index contributed by atoms with van der Waals surface area (Å²) in [6.07, 6.45) is 8.79. The molecule has 4 aromatic carbocycles. The van der Waals surface area contributed by atoms with Crippen LogP contribution in [0.3, 0.4) is 0 Å². The first kappa shape index (κ1) is 41.2. The minimum atomic E-state index is -0.806. The van der Waals surface area contributed by atoms with Crippen molar-refractivity contribution < 1.29 is 48.7 Å². The molecule has 0 radical (unpaired) electrons. The van der Waals surface area contributed by atoms with Gasteiger partial charge in [0, 0.05) is 0 Å². The normalized spacial score (nSPS) is 12.8.